The first-order valence-corrected chi connectivity index (χ1v) is 8.67. The third-order valence-corrected chi connectivity index (χ3v) is 4.39. The van der Waals surface area contributed by atoms with E-state index in [-0.39, 0.29) is 5.91 Å². The second kappa shape index (κ2) is 8.43. The first-order chi connectivity index (χ1) is 11.8. The maximum absolute atomic E-state index is 12.1. The lowest BCUT2D eigenvalue weighted by Gasteiger charge is -2.29. The molecule has 0 saturated carbocycles. The monoisotopic (exact) mass is 324 g/mol. The molecule has 1 amide bonds. The molecule has 1 aliphatic rings. The van der Waals surface area contributed by atoms with Crippen LogP contribution in [0.4, 0.5) is 5.82 Å². The van der Waals surface area contributed by atoms with Crippen molar-refractivity contribution >= 4 is 11.7 Å². The summed E-state index contributed by atoms with van der Waals surface area (Å²) < 4.78 is 0. The van der Waals surface area contributed by atoms with Crippen molar-refractivity contribution < 1.29 is 4.79 Å². The molecule has 1 fully saturated rings. The van der Waals surface area contributed by atoms with E-state index >= 15 is 0 Å². The van der Waals surface area contributed by atoms with E-state index < -0.39 is 0 Å². The summed E-state index contributed by atoms with van der Waals surface area (Å²) in [7, 11) is 0. The molecule has 1 aliphatic heterocycles. The number of aryl methyl sites for hydroxylation is 1. The van der Waals surface area contributed by atoms with E-state index in [2.05, 4.69) is 26.3 Å². The Morgan fingerprint density at radius 3 is 2.67 bits per heavy atom. The van der Waals surface area contributed by atoms with Gasteiger partial charge in [-0.1, -0.05) is 6.07 Å². The fourth-order valence-corrected chi connectivity index (χ4v) is 3.05. The predicted molar refractivity (Wildman–Crippen MR) is 94.7 cm³/mol. The van der Waals surface area contributed by atoms with Crippen LogP contribution in [0.1, 0.15) is 36.8 Å². The molecule has 0 bridgehead atoms. The number of hydrogen-bond donors (Lipinski definition) is 1. The van der Waals surface area contributed by atoms with E-state index in [9.17, 15) is 4.79 Å². The molecular formula is C19H24N4O. The lowest BCUT2D eigenvalue weighted by Crippen LogP contribution is -2.32. The lowest BCUT2D eigenvalue weighted by atomic mass is 10.1. The van der Waals surface area contributed by atoms with E-state index in [4.69, 9.17) is 0 Å². The van der Waals surface area contributed by atoms with Crippen LogP contribution < -0.4 is 10.2 Å². The highest BCUT2D eigenvalue weighted by Gasteiger charge is 2.15. The fourth-order valence-electron chi connectivity index (χ4n) is 3.05. The van der Waals surface area contributed by atoms with Crippen molar-refractivity contribution in [2.45, 2.75) is 38.6 Å². The third kappa shape index (κ3) is 4.54. The highest BCUT2D eigenvalue weighted by molar-refractivity contribution is 5.76. The van der Waals surface area contributed by atoms with Crippen LogP contribution >= 0.6 is 0 Å². The molecule has 3 heterocycles. The van der Waals surface area contributed by atoms with Gasteiger partial charge < -0.3 is 10.2 Å². The number of aromatic nitrogens is 2. The van der Waals surface area contributed by atoms with E-state index in [1.165, 1.54) is 19.3 Å². The van der Waals surface area contributed by atoms with Crippen molar-refractivity contribution in [3.63, 3.8) is 0 Å². The zero-order valence-corrected chi connectivity index (χ0v) is 13.9. The van der Waals surface area contributed by atoms with Gasteiger partial charge in [-0.05, 0) is 49.4 Å². The molecule has 0 radical (unpaired) electrons. The number of rotatable bonds is 6. The second-order valence-electron chi connectivity index (χ2n) is 6.17. The minimum atomic E-state index is 0.0697. The smallest absolute Gasteiger partial charge is 0.220 e. The van der Waals surface area contributed by atoms with Gasteiger partial charge in [-0.3, -0.25) is 9.78 Å². The molecule has 0 unspecified atom stereocenters. The number of piperidine rings is 1. The lowest BCUT2D eigenvalue weighted by molar-refractivity contribution is -0.121. The Morgan fingerprint density at radius 1 is 1.08 bits per heavy atom. The van der Waals surface area contributed by atoms with Gasteiger partial charge in [0.25, 0.3) is 0 Å². The summed E-state index contributed by atoms with van der Waals surface area (Å²) in [6, 6.07) is 7.89. The average Bonchev–Trinajstić information content (AvgIpc) is 2.66. The van der Waals surface area contributed by atoms with Gasteiger partial charge in [0.15, 0.2) is 0 Å². The average molecular weight is 324 g/mol. The Morgan fingerprint density at radius 2 is 1.88 bits per heavy atom. The zero-order chi connectivity index (χ0) is 16.6. The highest BCUT2D eigenvalue weighted by atomic mass is 16.1. The summed E-state index contributed by atoms with van der Waals surface area (Å²) in [5, 5.41) is 3.03. The summed E-state index contributed by atoms with van der Waals surface area (Å²) in [5.41, 5.74) is 2.23. The van der Waals surface area contributed by atoms with Crippen molar-refractivity contribution in [3.8, 4) is 0 Å². The molecule has 0 atom stereocenters. The van der Waals surface area contributed by atoms with Crippen LogP contribution in [0.2, 0.25) is 0 Å². The Hall–Kier alpha value is -2.43. The molecule has 1 saturated heterocycles. The van der Waals surface area contributed by atoms with Crippen LogP contribution in [-0.4, -0.2) is 29.0 Å². The van der Waals surface area contributed by atoms with Crippen LogP contribution in [0.3, 0.4) is 0 Å². The largest absolute Gasteiger partial charge is 0.356 e. The van der Waals surface area contributed by atoms with E-state index in [1.54, 1.807) is 12.4 Å². The summed E-state index contributed by atoms with van der Waals surface area (Å²) in [6.45, 7) is 2.65. The van der Waals surface area contributed by atoms with E-state index in [0.717, 1.165) is 36.5 Å². The third-order valence-electron chi connectivity index (χ3n) is 4.39. The number of hydrogen-bond acceptors (Lipinski definition) is 4. The predicted octanol–water partition coefficient (Wildman–Crippen LogP) is 2.72. The molecule has 3 rings (SSSR count). The molecule has 24 heavy (non-hydrogen) atoms. The summed E-state index contributed by atoms with van der Waals surface area (Å²) >= 11 is 0. The minimum Gasteiger partial charge on any atom is -0.356 e. The second-order valence-corrected chi connectivity index (χ2v) is 6.17. The Kier molecular flexibility index (Phi) is 5.77. The van der Waals surface area contributed by atoms with Gasteiger partial charge in [-0.15, -0.1) is 0 Å². The number of anilines is 1. The van der Waals surface area contributed by atoms with Crippen LogP contribution in [0, 0.1) is 0 Å². The maximum Gasteiger partial charge on any atom is 0.220 e. The summed E-state index contributed by atoms with van der Waals surface area (Å²) in [6.07, 6.45) is 10.3. The topological polar surface area (TPSA) is 58.1 Å². The molecule has 5 heteroatoms. The Bertz CT molecular complexity index is 653. The maximum atomic E-state index is 12.1. The first kappa shape index (κ1) is 16.4. The molecular weight excluding hydrogens is 300 g/mol. The van der Waals surface area contributed by atoms with Crippen molar-refractivity contribution in [2.75, 3.05) is 18.0 Å². The fraction of sp³-hybridized carbons (Fsp3) is 0.421. The highest BCUT2D eigenvalue weighted by Crippen LogP contribution is 2.21. The van der Waals surface area contributed by atoms with Gasteiger partial charge in [0.05, 0.1) is 0 Å². The van der Waals surface area contributed by atoms with Crippen molar-refractivity contribution in [1.82, 2.24) is 15.3 Å². The number of nitrogens with zero attached hydrogens (tertiary/aromatic N) is 3. The molecule has 0 aromatic carbocycles. The number of nitrogens with one attached hydrogen (secondary N) is 1. The SMILES string of the molecule is O=C(CCc1ccncc1)NCc1cccnc1N1CCCCC1. The van der Waals surface area contributed by atoms with E-state index in [1.807, 2.05) is 24.4 Å². The number of amides is 1. The summed E-state index contributed by atoms with van der Waals surface area (Å²) in [5.74, 6) is 1.09. The molecule has 5 nitrogen and oxygen atoms in total. The standard InChI is InChI=1S/C19H24N4O/c24-18(7-6-16-8-11-20-12-9-16)22-15-17-5-4-10-21-19(17)23-13-2-1-3-14-23/h4-5,8-12H,1-3,6-7,13-15H2,(H,22,24). The molecule has 1 N–H and O–H groups in total. The van der Waals surface area contributed by atoms with Gasteiger partial charge in [0.2, 0.25) is 5.91 Å². The van der Waals surface area contributed by atoms with Crippen molar-refractivity contribution in [3.05, 3.63) is 54.0 Å². The minimum absolute atomic E-state index is 0.0697. The van der Waals surface area contributed by atoms with Gasteiger partial charge in [0, 0.05) is 50.2 Å². The molecule has 126 valence electrons. The molecule has 2 aromatic heterocycles. The Balaban J connectivity index is 1.53. The van der Waals surface area contributed by atoms with Crippen molar-refractivity contribution in [2.24, 2.45) is 0 Å². The number of carbonyl (C=O) groups is 1. The number of pyridine rings is 2. The summed E-state index contributed by atoms with van der Waals surface area (Å²) in [4.78, 5) is 23.0. The van der Waals surface area contributed by atoms with Crippen LogP contribution in [0.5, 0.6) is 0 Å². The molecule has 0 spiro atoms. The normalized spacial score (nSPS) is 14.4. The van der Waals surface area contributed by atoms with Crippen LogP contribution in [0.25, 0.3) is 0 Å². The quantitative estimate of drug-likeness (QED) is 0.887. The Labute approximate surface area is 143 Å². The molecule has 2 aromatic rings. The van der Waals surface area contributed by atoms with Gasteiger partial charge >= 0.3 is 0 Å². The first-order valence-electron chi connectivity index (χ1n) is 8.67. The van der Waals surface area contributed by atoms with Crippen molar-refractivity contribution in [1.29, 1.82) is 0 Å². The van der Waals surface area contributed by atoms with E-state index in [0.29, 0.717) is 13.0 Å². The molecule has 0 aliphatic carbocycles. The number of carbonyl (C=O) groups excluding carboxylic acids is 1. The van der Waals surface area contributed by atoms with Crippen LogP contribution in [0.15, 0.2) is 42.9 Å². The van der Waals surface area contributed by atoms with Gasteiger partial charge in [0.1, 0.15) is 5.82 Å². The van der Waals surface area contributed by atoms with Crippen LogP contribution in [-0.2, 0) is 17.8 Å². The zero-order valence-electron chi connectivity index (χ0n) is 13.9. The van der Waals surface area contributed by atoms with Gasteiger partial charge in [-0.25, -0.2) is 4.98 Å². The van der Waals surface area contributed by atoms with Gasteiger partial charge in [-0.2, -0.15) is 0 Å².